The molecule has 0 amide bonds. The van der Waals surface area contributed by atoms with E-state index in [2.05, 4.69) is 18.3 Å². The third-order valence-electron chi connectivity index (χ3n) is 4.31. The van der Waals surface area contributed by atoms with Crippen molar-refractivity contribution < 1.29 is 4.39 Å². The molecular weight excluding hydrogens is 281 g/mol. The summed E-state index contributed by atoms with van der Waals surface area (Å²) < 4.78 is 13.8. The maximum absolute atomic E-state index is 13.8. The lowest BCUT2D eigenvalue weighted by atomic mass is 9.99. The number of benzene rings is 1. The maximum atomic E-state index is 13.8. The van der Waals surface area contributed by atoms with Crippen LogP contribution in [0.25, 0.3) is 0 Å². The molecule has 0 saturated carbocycles. The minimum Gasteiger partial charge on any atom is -0.303 e. The van der Waals surface area contributed by atoms with Gasteiger partial charge in [-0.2, -0.15) is 0 Å². The van der Waals surface area contributed by atoms with Gasteiger partial charge in [0, 0.05) is 27.4 Å². The Labute approximate surface area is 130 Å². The van der Waals surface area contributed by atoms with E-state index < -0.39 is 0 Å². The number of hydrogen-bond donors (Lipinski definition) is 1. The Morgan fingerprint density at radius 2 is 1.86 bits per heavy atom. The van der Waals surface area contributed by atoms with E-state index in [-0.39, 0.29) is 17.9 Å². The van der Waals surface area contributed by atoms with Crippen LogP contribution in [0.3, 0.4) is 0 Å². The first-order chi connectivity index (χ1) is 10.1. The van der Waals surface area contributed by atoms with Crippen LogP contribution in [-0.4, -0.2) is 0 Å². The van der Waals surface area contributed by atoms with Crippen molar-refractivity contribution in [2.24, 2.45) is 0 Å². The topological polar surface area (TPSA) is 12.0 Å². The van der Waals surface area contributed by atoms with E-state index in [1.807, 2.05) is 30.4 Å². The van der Waals surface area contributed by atoms with Crippen LogP contribution in [0.15, 0.2) is 30.3 Å². The number of rotatable bonds is 4. The van der Waals surface area contributed by atoms with Crippen molar-refractivity contribution in [1.82, 2.24) is 5.32 Å². The summed E-state index contributed by atoms with van der Waals surface area (Å²) in [5, 5.41) is 3.53. The Balaban J connectivity index is 1.72. The van der Waals surface area contributed by atoms with Gasteiger partial charge < -0.3 is 5.32 Å². The molecule has 1 unspecified atom stereocenters. The summed E-state index contributed by atoms with van der Waals surface area (Å²) in [7, 11) is 0. The summed E-state index contributed by atoms with van der Waals surface area (Å²) in [6.07, 6.45) is 5.09. The van der Waals surface area contributed by atoms with Crippen molar-refractivity contribution in [3.05, 3.63) is 57.0 Å². The molecule has 0 bridgehead atoms. The van der Waals surface area contributed by atoms with Gasteiger partial charge in [-0.25, -0.2) is 4.39 Å². The summed E-state index contributed by atoms with van der Waals surface area (Å²) >= 11 is 1.93. The first-order valence-corrected chi connectivity index (χ1v) is 8.58. The number of thiophene rings is 1. The molecule has 1 aliphatic carbocycles. The number of fused-ring (bicyclic) bond motifs is 1. The van der Waals surface area contributed by atoms with E-state index >= 15 is 0 Å². The summed E-state index contributed by atoms with van der Waals surface area (Å²) in [5.41, 5.74) is 2.28. The summed E-state index contributed by atoms with van der Waals surface area (Å²) in [4.78, 5) is 2.94. The molecular formula is C18H22FNS. The second-order valence-electron chi connectivity index (χ2n) is 5.94. The van der Waals surface area contributed by atoms with Gasteiger partial charge in [0.25, 0.3) is 0 Å². The first kappa shape index (κ1) is 14.7. The third kappa shape index (κ3) is 3.19. The van der Waals surface area contributed by atoms with Gasteiger partial charge in [-0.1, -0.05) is 18.2 Å². The number of hydrogen-bond acceptors (Lipinski definition) is 2. The minimum absolute atomic E-state index is 0.0142. The molecule has 21 heavy (non-hydrogen) atoms. The van der Waals surface area contributed by atoms with Crippen molar-refractivity contribution >= 4 is 11.3 Å². The lowest BCUT2D eigenvalue weighted by molar-refractivity contribution is 0.478. The van der Waals surface area contributed by atoms with E-state index in [0.29, 0.717) is 0 Å². The van der Waals surface area contributed by atoms with Gasteiger partial charge in [0.2, 0.25) is 0 Å². The molecule has 2 atom stereocenters. The number of aryl methyl sites for hydroxylation is 2. The van der Waals surface area contributed by atoms with Crippen LogP contribution in [0.2, 0.25) is 0 Å². The molecule has 0 radical (unpaired) electrons. The predicted octanol–water partition coefficient (Wildman–Crippen LogP) is 5.18. The molecule has 3 heteroatoms. The van der Waals surface area contributed by atoms with Gasteiger partial charge in [-0.15, -0.1) is 11.3 Å². The molecule has 112 valence electrons. The van der Waals surface area contributed by atoms with Crippen molar-refractivity contribution in [3.63, 3.8) is 0 Å². The Morgan fingerprint density at radius 3 is 2.62 bits per heavy atom. The van der Waals surface area contributed by atoms with Crippen molar-refractivity contribution in [1.29, 1.82) is 0 Å². The molecule has 2 aromatic rings. The average molecular weight is 303 g/mol. The van der Waals surface area contributed by atoms with Gasteiger partial charge in [0.05, 0.1) is 0 Å². The van der Waals surface area contributed by atoms with Gasteiger partial charge in [-0.05, 0) is 57.2 Å². The van der Waals surface area contributed by atoms with Crippen molar-refractivity contribution in [2.75, 3.05) is 0 Å². The maximum Gasteiger partial charge on any atom is 0.127 e. The summed E-state index contributed by atoms with van der Waals surface area (Å²) in [6, 6.07) is 9.65. The van der Waals surface area contributed by atoms with E-state index in [0.717, 1.165) is 5.56 Å². The zero-order valence-electron chi connectivity index (χ0n) is 12.7. The van der Waals surface area contributed by atoms with Gasteiger partial charge in [-0.3, -0.25) is 0 Å². The number of nitrogens with one attached hydrogen (secondary N) is 1. The Bertz CT molecular complexity index is 596. The molecule has 3 rings (SSSR count). The smallest absolute Gasteiger partial charge is 0.127 e. The van der Waals surface area contributed by atoms with Crippen LogP contribution < -0.4 is 5.32 Å². The molecule has 1 heterocycles. The molecule has 1 N–H and O–H groups in total. The second kappa shape index (κ2) is 6.29. The normalized spacial score (nSPS) is 17.3. The SMILES string of the molecule is CC(N[C@H](C)c1ccccc1F)c1cc2c(s1)CCCC2. The largest absolute Gasteiger partial charge is 0.303 e. The molecule has 0 spiro atoms. The highest BCUT2D eigenvalue weighted by molar-refractivity contribution is 7.12. The van der Waals surface area contributed by atoms with Crippen LogP contribution in [0.4, 0.5) is 4.39 Å². The van der Waals surface area contributed by atoms with E-state index in [9.17, 15) is 4.39 Å². The van der Waals surface area contributed by atoms with Crippen LogP contribution in [0, 0.1) is 5.82 Å². The summed E-state index contributed by atoms with van der Waals surface area (Å²) in [5.74, 6) is -0.129. The van der Waals surface area contributed by atoms with E-state index in [1.165, 1.54) is 42.2 Å². The minimum atomic E-state index is -0.129. The first-order valence-electron chi connectivity index (χ1n) is 7.77. The standard InChI is InChI=1S/C18H22FNS/c1-12(15-8-4-5-9-16(15)19)20-13(2)18-11-14-7-3-6-10-17(14)21-18/h4-5,8-9,11-13,20H,3,6-7,10H2,1-2H3/t12-,13?/m1/s1. The van der Waals surface area contributed by atoms with Gasteiger partial charge >= 0.3 is 0 Å². The van der Waals surface area contributed by atoms with Crippen LogP contribution in [-0.2, 0) is 12.8 Å². The van der Waals surface area contributed by atoms with Crippen LogP contribution in [0.1, 0.15) is 59.7 Å². The van der Waals surface area contributed by atoms with Crippen molar-refractivity contribution in [2.45, 2.75) is 51.6 Å². The molecule has 0 saturated heterocycles. The quantitative estimate of drug-likeness (QED) is 0.821. The van der Waals surface area contributed by atoms with E-state index in [4.69, 9.17) is 0 Å². The highest BCUT2D eigenvalue weighted by atomic mass is 32.1. The van der Waals surface area contributed by atoms with Gasteiger partial charge in [0.1, 0.15) is 5.82 Å². The second-order valence-corrected chi connectivity index (χ2v) is 7.10. The Kier molecular flexibility index (Phi) is 4.41. The Morgan fingerprint density at radius 1 is 1.10 bits per heavy atom. The van der Waals surface area contributed by atoms with E-state index in [1.54, 1.807) is 10.9 Å². The average Bonchev–Trinajstić information content (AvgIpc) is 2.91. The third-order valence-corrected chi connectivity index (χ3v) is 5.73. The monoisotopic (exact) mass is 303 g/mol. The molecule has 0 fully saturated rings. The fraction of sp³-hybridized carbons (Fsp3) is 0.444. The lowest BCUT2D eigenvalue weighted by Crippen LogP contribution is -2.22. The number of halogens is 1. The highest BCUT2D eigenvalue weighted by Gasteiger charge is 2.19. The van der Waals surface area contributed by atoms with Crippen LogP contribution in [0.5, 0.6) is 0 Å². The summed E-state index contributed by atoms with van der Waals surface area (Å²) in [6.45, 7) is 4.21. The molecule has 1 aliphatic rings. The van der Waals surface area contributed by atoms with Gasteiger partial charge in [0.15, 0.2) is 0 Å². The zero-order valence-corrected chi connectivity index (χ0v) is 13.5. The molecule has 1 nitrogen and oxygen atoms in total. The fourth-order valence-corrected chi connectivity index (χ4v) is 4.37. The van der Waals surface area contributed by atoms with Crippen molar-refractivity contribution in [3.8, 4) is 0 Å². The fourth-order valence-electron chi connectivity index (χ4n) is 3.10. The molecule has 1 aromatic heterocycles. The Hall–Kier alpha value is -1.19. The molecule has 0 aliphatic heterocycles. The highest BCUT2D eigenvalue weighted by Crippen LogP contribution is 2.33. The lowest BCUT2D eigenvalue weighted by Gasteiger charge is -2.20. The van der Waals surface area contributed by atoms with Crippen LogP contribution >= 0.6 is 11.3 Å². The molecule has 1 aromatic carbocycles. The zero-order chi connectivity index (χ0) is 14.8. The predicted molar refractivity (Wildman–Crippen MR) is 87.3 cm³/mol.